The molecule has 0 fully saturated rings. The number of aromatic amines is 2. The van der Waals surface area contributed by atoms with Crippen LogP contribution in [-0.2, 0) is 0 Å². The van der Waals surface area contributed by atoms with Gasteiger partial charge < -0.3 is 15.1 Å². The highest BCUT2D eigenvalue weighted by Crippen LogP contribution is 2.37. The summed E-state index contributed by atoms with van der Waals surface area (Å²) in [5, 5.41) is 10.7. The van der Waals surface area contributed by atoms with Crippen LogP contribution in [0.2, 0.25) is 0 Å². The van der Waals surface area contributed by atoms with E-state index in [9.17, 15) is 9.50 Å². The van der Waals surface area contributed by atoms with Gasteiger partial charge >= 0.3 is 0 Å². The van der Waals surface area contributed by atoms with Crippen LogP contribution in [-0.4, -0.2) is 15.1 Å². The molecule has 0 aliphatic carbocycles. The third-order valence-electron chi connectivity index (χ3n) is 2.96. The number of aromatic hydroxyl groups is 1. The van der Waals surface area contributed by atoms with Gasteiger partial charge in [-0.2, -0.15) is 0 Å². The monoisotopic (exact) mass is 230 g/mol. The van der Waals surface area contributed by atoms with Crippen LogP contribution in [0.3, 0.4) is 0 Å². The van der Waals surface area contributed by atoms with E-state index in [1.165, 1.54) is 12.1 Å². The van der Waals surface area contributed by atoms with Crippen molar-refractivity contribution in [1.29, 1.82) is 0 Å². The molecule has 0 spiro atoms. The Labute approximate surface area is 96.9 Å². The molecule has 3 rings (SSSR count). The number of rotatable bonds is 1. The van der Waals surface area contributed by atoms with Crippen molar-refractivity contribution >= 4 is 10.9 Å². The van der Waals surface area contributed by atoms with Crippen LogP contribution >= 0.6 is 0 Å². The molecule has 0 aliphatic rings. The molecule has 1 aromatic carbocycles. The van der Waals surface area contributed by atoms with Crippen molar-refractivity contribution in [3.63, 3.8) is 0 Å². The van der Waals surface area contributed by atoms with Gasteiger partial charge in [-0.25, -0.2) is 4.39 Å². The quantitative estimate of drug-likeness (QED) is 0.590. The minimum absolute atomic E-state index is 0.0632. The van der Waals surface area contributed by atoms with E-state index in [4.69, 9.17) is 0 Å². The second kappa shape index (κ2) is 3.38. The van der Waals surface area contributed by atoms with E-state index in [1.54, 1.807) is 6.07 Å². The van der Waals surface area contributed by atoms with Crippen LogP contribution < -0.4 is 0 Å². The first-order chi connectivity index (χ1) is 8.16. The Bertz CT molecular complexity index is 697. The number of hydrogen-bond acceptors (Lipinski definition) is 1. The number of halogens is 1. The zero-order chi connectivity index (χ0) is 12.0. The van der Waals surface area contributed by atoms with Gasteiger partial charge in [0, 0.05) is 22.8 Å². The number of nitrogens with one attached hydrogen (secondary N) is 2. The molecule has 0 radical (unpaired) electrons. The smallest absolute Gasteiger partial charge is 0.197 e. The number of fused-ring (bicyclic) bond motifs is 1. The molecular formula is C13H11FN2O. The predicted molar refractivity (Wildman–Crippen MR) is 64.4 cm³/mol. The normalized spacial score (nSPS) is 11.2. The zero-order valence-electron chi connectivity index (χ0n) is 9.21. The first-order valence-electron chi connectivity index (χ1n) is 5.31. The van der Waals surface area contributed by atoms with E-state index in [1.807, 2.05) is 19.2 Å². The Hall–Kier alpha value is -2.23. The molecule has 0 unspecified atom stereocenters. The number of H-pyrrole nitrogens is 2. The van der Waals surface area contributed by atoms with E-state index >= 15 is 0 Å². The summed E-state index contributed by atoms with van der Waals surface area (Å²) >= 11 is 0. The fourth-order valence-electron chi connectivity index (χ4n) is 2.15. The van der Waals surface area contributed by atoms with Gasteiger partial charge in [0.1, 0.15) is 5.82 Å². The van der Waals surface area contributed by atoms with Crippen LogP contribution in [0.4, 0.5) is 4.39 Å². The average molecular weight is 230 g/mol. The number of aromatic nitrogens is 2. The minimum Gasteiger partial charge on any atom is -0.494 e. The van der Waals surface area contributed by atoms with Gasteiger partial charge in [-0.1, -0.05) is 0 Å². The van der Waals surface area contributed by atoms with E-state index in [0.29, 0.717) is 11.1 Å². The van der Waals surface area contributed by atoms with Gasteiger partial charge in [0.2, 0.25) is 0 Å². The summed E-state index contributed by atoms with van der Waals surface area (Å²) in [6, 6.07) is 6.32. The highest BCUT2D eigenvalue weighted by Gasteiger charge is 2.15. The van der Waals surface area contributed by atoms with Crippen molar-refractivity contribution in [3.05, 3.63) is 42.0 Å². The van der Waals surface area contributed by atoms with Crippen molar-refractivity contribution in [2.75, 3.05) is 0 Å². The molecule has 3 nitrogen and oxygen atoms in total. The standard InChI is InChI=1S/C13H11FN2O/c1-7-9(4-5-15-7)12-10-3-2-8(14)6-11(10)16-13(12)17/h2-6,15-17H,1H3. The molecule has 0 saturated heterocycles. The molecule has 4 heteroatoms. The maximum atomic E-state index is 13.1. The van der Waals surface area contributed by atoms with Crippen LogP contribution in [0.1, 0.15) is 5.69 Å². The highest BCUT2D eigenvalue weighted by molar-refractivity contribution is 5.99. The molecule has 0 saturated carbocycles. The summed E-state index contributed by atoms with van der Waals surface area (Å²) in [5.41, 5.74) is 3.18. The third-order valence-corrected chi connectivity index (χ3v) is 2.96. The molecule has 3 N–H and O–H groups in total. The molecule has 17 heavy (non-hydrogen) atoms. The van der Waals surface area contributed by atoms with Crippen LogP contribution in [0.5, 0.6) is 5.88 Å². The van der Waals surface area contributed by atoms with E-state index in [-0.39, 0.29) is 11.7 Å². The largest absolute Gasteiger partial charge is 0.494 e. The summed E-state index contributed by atoms with van der Waals surface area (Å²) in [4.78, 5) is 5.85. The second-order valence-electron chi connectivity index (χ2n) is 4.05. The van der Waals surface area contributed by atoms with Gasteiger partial charge in [-0.3, -0.25) is 0 Å². The van der Waals surface area contributed by atoms with Crippen LogP contribution in [0.25, 0.3) is 22.0 Å². The Morgan fingerprint density at radius 1 is 1.24 bits per heavy atom. The lowest BCUT2D eigenvalue weighted by Crippen LogP contribution is -1.78. The molecule has 0 amide bonds. The predicted octanol–water partition coefficient (Wildman–Crippen LogP) is 3.32. The van der Waals surface area contributed by atoms with Crippen molar-refractivity contribution in [2.24, 2.45) is 0 Å². The van der Waals surface area contributed by atoms with E-state index in [2.05, 4.69) is 9.97 Å². The van der Waals surface area contributed by atoms with Gasteiger partial charge in [-0.05, 0) is 31.2 Å². The van der Waals surface area contributed by atoms with Gasteiger partial charge in [-0.15, -0.1) is 0 Å². The second-order valence-corrected chi connectivity index (χ2v) is 4.05. The SMILES string of the molecule is Cc1[nH]ccc1-c1c(O)[nH]c2cc(F)ccc12. The molecule has 0 aliphatic heterocycles. The third kappa shape index (κ3) is 1.41. The van der Waals surface area contributed by atoms with Crippen molar-refractivity contribution in [2.45, 2.75) is 6.92 Å². The topological polar surface area (TPSA) is 51.8 Å². The molecule has 3 aromatic rings. The van der Waals surface area contributed by atoms with E-state index in [0.717, 1.165) is 16.6 Å². The lowest BCUT2D eigenvalue weighted by atomic mass is 10.1. The van der Waals surface area contributed by atoms with Gasteiger partial charge in [0.05, 0.1) is 11.1 Å². The Kier molecular flexibility index (Phi) is 1.98. The fourth-order valence-corrected chi connectivity index (χ4v) is 2.15. The summed E-state index contributed by atoms with van der Waals surface area (Å²) in [5.74, 6) is -0.260. The lowest BCUT2D eigenvalue weighted by molar-refractivity contribution is 0.460. The van der Waals surface area contributed by atoms with Crippen molar-refractivity contribution in [1.82, 2.24) is 9.97 Å². The summed E-state index contributed by atoms with van der Waals surface area (Å²) < 4.78 is 13.1. The summed E-state index contributed by atoms with van der Waals surface area (Å²) in [6.45, 7) is 1.93. The van der Waals surface area contributed by atoms with Crippen LogP contribution in [0.15, 0.2) is 30.5 Å². The molecule has 86 valence electrons. The average Bonchev–Trinajstić information content (AvgIpc) is 2.80. The summed E-state index contributed by atoms with van der Waals surface area (Å²) in [6.07, 6.45) is 1.81. The molecular weight excluding hydrogens is 219 g/mol. The maximum Gasteiger partial charge on any atom is 0.197 e. The van der Waals surface area contributed by atoms with Gasteiger partial charge in [0.15, 0.2) is 5.88 Å². The first-order valence-corrected chi connectivity index (χ1v) is 5.31. The van der Waals surface area contributed by atoms with Crippen molar-refractivity contribution in [3.8, 4) is 17.0 Å². The van der Waals surface area contributed by atoms with E-state index < -0.39 is 0 Å². The minimum atomic E-state index is -0.323. The Morgan fingerprint density at radius 3 is 2.76 bits per heavy atom. The first kappa shape index (κ1) is 9.96. The Balaban J connectivity index is 2.37. The molecule has 2 heterocycles. The zero-order valence-corrected chi connectivity index (χ0v) is 9.21. The maximum absolute atomic E-state index is 13.1. The summed E-state index contributed by atoms with van der Waals surface area (Å²) in [7, 11) is 0. The fraction of sp³-hybridized carbons (Fsp3) is 0.0769. The molecule has 2 aromatic heterocycles. The number of benzene rings is 1. The Morgan fingerprint density at radius 2 is 2.06 bits per heavy atom. The van der Waals surface area contributed by atoms with Crippen LogP contribution in [0, 0.1) is 12.7 Å². The highest BCUT2D eigenvalue weighted by atomic mass is 19.1. The van der Waals surface area contributed by atoms with Crippen molar-refractivity contribution < 1.29 is 9.50 Å². The molecule has 0 bridgehead atoms. The number of hydrogen-bond donors (Lipinski definition) is 3. The lowest BCUT2D eigenvalue weighted by Gasteiger charge is -1.99. The number of aryl methyl sites for hydroxylation is 1. The molecule has 0 atom stereocenters. The van der Waals surface area contributed by atoms with Gasteiger partial charge in [0.25, 0.3) is 0 Å².